The monoisotopic (exact) mass is 339 g/mol. The normalized spacial score (nSPS) is 12.6. The first-order chi connectivity index (χ1) is 11.7. The van der Waals surface area contributed by atoms with Crippen molar-refractivity contribution in [1.29, 1.82) is 0 Å². The van der Waals surface area contributed by atoms with Gasteiger partial charge in [0.15, 0.2) is 5.82 Å². The standard InChI is InChI=1S/C17H14ClN5O/c18-12-4-1-3-11(7-12)8-23-10-22-15(16-17(23)21-9-20-16)14(19)13-5-2-6-24-13/h1-7,9-10,14H,8,19H2. The second-order valence-corrected chi connectivity index (χ2v) is 5.86. The van der Waals surface area contributed by atoms with E-state index >= 15 is 0 Å². The molecule has 0 radical (unpaired) electrons. The minimum Gasteiger partial charge on any atom is -0.467 e. The van der Waals surface area contributed by atoms with E-state index in [0.717, 1.165) is 11.4 Å². The molecule has 120 valence electrons. The zero-order chi connectivity index (χ0) is 16.5. The van der Waals surface area contributed by atoms with Gasteiger partial charge < -0.3 is 14.7 Å². The first-order valence-electron chi connectivity index (χ1n) is 7.41. The van der Waals surface area contributed by atoms with Crippen molar-refractivity contribution in [3.63, 3.8) is 0 Å². The van der Waals surface area contributed by atoms with Crippen LogP contribution in [0, 0.1) is 0 Å². The average Bonchev–Trinajstić information content (AvgIpc) is 3.26. The second kappa shape index (κ2) is 6.07. The summed E-state index contributed by atoms with van der Waals surface area (Å²) in [4.78, 5) is 13.2. The smallest absolute Gasteiger partial charge is 0.163 e. The fourth-order valence-corrected chi connectivity index (χ4v) is 2.89. The first kappa shape index (κ1) is 14.9. The zero-order valence-electron chi connectivity index (χ0n) is 12.6. The highest BCUT2D eigenvalue weighted by molar-refractivity contribution is 6.30. The summed E-state index contributed by atoms with van der Waals surface area (Å²) in [6.07, 6.45) is 4.82. The van der Waals surface area contributed by atoms with E-state index in [1.165, 1.54) is 6.33 Å². The van der Waals surface area contributed by atoms with E-state index in [0.29, 0.717) is 28.7 Å². The maximum atomic E-state index is 6.26. The van der Waals surface area contributed by atoms with Crippen LogP contribution in [0.5, 0.6) is 0 Å². The molecule has 6 nitrogen and oxygen atoms in total. The van der Waals surface area contributed by atoms with Crippen LogP contribution in [0.2, 0.25) is 5.02 Å². The van der Waals surface area contributed by atoms with Crippen molar-refractivity contribution in [2.45, 2.75) is 12.6 Å². The van der Waals surface area contributed by atoms with Crippen LogP contribution < -0.4 is 5.73 Å². The third kappa shape index (κ3) is 2.66. The van der Waals surface area contributed by atoms with Crippen molar-refractivity contribution in [3.8, 4) is 11.5 Å². The molecule has 0 amide bonds. The Labute approximate surface area is 143 Å². The number of hydrogen-bond acceptors (Lipinski definition) is 5. The van der Waals surface area contributed by atoms with Gasteiger partial charge >= 0.3 is 0 Å². The van der Waals surface area contributed by atoms with E-state index in [1.807, 2.05) is 34.9 Å². The summed E-state index contributed by atoms with van der Waals surface area (Å²) in [6, 6.07) is 10.8. The van der Waals surface area contributed by atoms with E-state index in [4.69, 9.17) is 21.8 Å². The Balaban J connectivity index is 1.72. The molecule has 1 unspecified atom stereocenters. The molecule has 0 spiro atoms. The number of rotatable bonds is 4. The van der Waals surface area contributed by atoms with Crippen molar-refractivity contribution < 1.29 is 4.42 Å². The van der Waals surface area contributed by atoms with Gasteiger partial charge in [-0.1, -0.05) is 23.7 Å². The molecule has 7 heteroatoms. The van der Waals surface area contributed by atoms with Gasteiger partial charge in [-0.25, -0.2) is 15.0 Å². The molecule has 2 aromatic rings. The number of halogens is 1. The average molecular weight is 340 g/mol. The van der Waals surface area contributed by atoms with Crippen molar-refractivity contribution in [1.82, 2.24) is 19.5 Å². The molecule has 24 heavy (non-hydrogen) atoms. The Hall–Kier alpha value is -2.70. The highest BCUT2D eigenvalue weighted by Crippen LogP contribution is 2.28. The SMILES string of the molecule is NC(c1ccco1)c1ncn(Cc2cccc(Cl)c2)c2ncnc1-2. The van der Waals surface area contributed by atoms with Gasteiger partial charge in [-0.05, 0) is 29.8 Å². The molecule has 1 aromatic heterocycles. The molecule has 1 atom stereocenters. The first-order valence-corrected chi connectivity index (χ1v) is 7.79. The number of benzene rings is 1. The van der Waals surface area contributed by atoms with Crippen LogP contribution in [-0.2, 0) is 6.54 Å². The van der Waals surface area contributed by atoms with E-state index in [2.05, 4.69) is 15.0 Å². The molecule has 2 aliphatic heterocycles. The van der Waals surface area contributed by atoms with Crippen LogP contribution in [0.3, 0.4) is 0 Å². The van der Waals surface area contributed by atoms with Crippen LogP contribution in [0.1, 0.15) is 23.1 Å². The van der Waals surface area contributed by atoms with Crippen LogP contribution >= 0.6 is 11.6 Å². The lowest BCUT2D eigenvalue weighted by Crippen LogP contribution is -2.17. The Bertz CT molecular complexity index is 934. The predicted octanol–water partition coefficient (Wildman–Crippen LogP) is 3.12. The molecule has 4 rings (SSSR count). The van der Waals surface area contributed by atoms with Gasteiger partial charge in [0.1, 0.15) is 23.8 Å². The number of nitrogens with two attached hydrogens (primary N) is 1. The van der Waals surface area contributed by atoms with E-state index < -0.39 is 6.04 Å². The number of hydrogen-bond donors (Lipinski definition) is 1. The summed E-state index contributed by atoms with van der Waals surface area (Å²) in [7, 11) is 0. The third-order valence-corrected chi connectivity index (χ3v) is 4.05. The number of fused-ring (bicyclic) bond motifs is 1. The largest absolute Gasteiger partial charge is 0.467 e. The fraction of sp³-hybridized carbons (Fsp3) is 0.118. The van der Waals surface area contributed by atoms with Gasteiger partial charge in [-0.2, -0.15) is 0 Å². The van der Waals surface area contributed by atoms with Crippen molar-refractivity contribution in [3.05, 3.63) is 77.4 Å². The Morgan fingerprint density at radius 2 is 2.08 bits per heavy atom. The molecule has 3 heterocycles. The minimum atomic E-state index is -0.486. The number of imidazole rings is 1. The molecule has 2 N–H and O–H groups in total. The Morgan fingerprint density at radius 3 is 2.88 bits per heavy atom. The van der Waals surface area contributed by atoms with Crippen LogP contribution in [0.15, 0.2) is 59.7 Å². The van der Waals surface area contributed by atoms with Crippen LogP contribution in [0.4, 0.5) is 0 Å². The number of aromatic nitrogens is 4. The number of furan rings is 1. The van der Waals surface area contributed by atoms with Crippen molar-refractivity contribution in [2.24, 2.45) is 5.73 Å². The van der Waals surface area contributed by atoms with E-state index in [9.17, 15) is 0 Å². The summed E-state index contributed by atoms with van der Waals surface area (Å²) in [5, 5.41) is 0.697. The van der Waals surface area contributed by atoms with Crippen LogP contribution in [0.25, 0.3) is 11.5 Å². The summed E-state index contributed by atoms with van der Waals surface area (Å²) in [5.41, 5.74) is 8.62. The third-order valence-electron chi connectivity index (χ3n) is 3.82. The lowest BCUT2D eigenvalue weighted by Gasteiger charge is -2.16. The molecule has 0 aliphatic carbocycles. The highest BCUT2D eigenvalue weighted by atomic mass is 35.5. The van der Waals surface area contributed by atoms with Gasteiger partial charge in [0.25, 0.3) is 0 Å². The van der Waals surface area contributed by atoms with Crippen molar-refractivity contribution in [2.75, 3.05) is 0 Å². The van der Waals surface area contributed by atoms with Gasteiger partial charge in [-0.3, -0.25) is 0 Å². The lowest BCUT2D eigenvalue weighted by molar-refractivity contribution is 0.485. The molecule has 0 saturated carbocycles. The topological polar surface area (TPSA) is 82.8 Å². The quantitative estimate of drug-likeness (QED) is 0.617. The predicted molar refractivity (Wildman–Crippen MR) is 89.7 cm³/mol. The molecule has 1 aromatic carbocycles. The summed E-state index contributed by atoms with van der Waals surface area (Å²) >= 11 is 6.05. The lowest BCUT2D eigenvalue weighted by atomic mass is 10.1. The van der Waals surface area contributed by atoms with Gasteiger partial charge in [-0.15, -0.1) is 0 Å². The van der Waals surface area contributed by atoms with Crippen LogP contribution in [-0.4, -0.2) is 19.5 Å². The van der Waals surface area contributed by atoms with E-state index in [-0.39, 0.29) is 0 Å². The van der Waals surface area contributed by atoms with Gasteiger partial charge in [0.05, 0.1) is 24.8 Å². The molecular formula is C17H14ClN5O. The molecule has 2 aliphatic rings. The fourth-order valence-electron chi connectivity index (χ4n) is 2.68. The summed E-state index contributed by atoms with van der Waals surface area (Å²) in [5.74, 6) is 1.36. The second-order valence-electron chi connectivity index (χ2n) is 5.43. The zero-order valence-corrected chi connectivity index (χ0v) is 13.4. The number of nitrogens with zero attached hydrogens (tertiary/aromatic N) is 4. The highest BCUT2D eigenvalue weighted by Gasteiger charge is 2.23. The molecule has 0 fully saturated rings. The Kier molecular flexibility index (Phi) is 3.76. The maximum Gasteiger partial charge on any atom is 0.163 e. The summed E-state index contributed by atoms with van der Waals surface area (Å²) < 4.78 is 7.30. The Morgan fingerprint density at radius 1 is 1.17 bits per heavy atom. The van der Waals surface area contributed by atoms with Crippen molar-refractivity contribution >= 4 is 11.6 Å². The van der Waals surface area contributed by atoms with Gasteiger partial charge in [0.2, 0.25) is 0 Å². The maximum absolute atomic E-state index is 6.26. The molecular weight excluding hydrogens is 326 g/mol. The van der Waals surface area contributed by atoms with E-state index in [1.54, 1.807) is 18.7 Å². The molecule has 0 saturated heterocycles. The molecule has 0 bridgehead atoms. The summed E-state index contributed by atoms with van der Waals surface area (Å²) in [6.45, 7) is 0.596. The van der Waals surface area contributed by atoms with Gasteiger partial charge in [0, 0.05) is 5.02 Å². The minimum absolute atomic E-state index is 0.486.